The minimum atomic E-state index is 0.0550. The smallest absolute Gasteiger partial charge is 0.226 e. The molecule has 126 valence electrons. The first kappa shape index (κ1) is 17.5. The van der Waals surface area contributed by atoms with Gasteiger partial charge in [0.1, 0.15) is 0 Å². The van der Waals surface area contributed by atoms with Crippen LogP contribution in [0.2, 0.25) is 0 Å². The van der Waals surface area contributed by atoms with Crippen molar-refractivity contribution in [3.05, 3.63) is 35.4 Å². The standard InChI is InChI=1S/C19H28N2O2/c1-14(2)12-15-4-6-16(7-5-15)13-18(22)21-10-8-17(9-11-21)19(23)20-3/h4-7,14,17H,8-13H2,1-3H3,(H,20,23). The van der Waals surface area contributed by atoms with Crippen molar-refractivity contribution >= 4 is 11.8 Å². The maximum Gasteiger partial charge on any atom is 0.226 e. The van der Waals surface area contributed by atoms with E-state index in [1.165, 1.54) is 5.56 Å². The fourth-order valence-corrected chi connectivity index (χ4v) is 3.15. The fraction of sp³-hybridized carbons (Fsp3) is 0.579. The Morgan fingerprint density at radius 2 is 1.70 bits per heavy atom. The molecule has 0 aliphatic carbocycles. The van der Waals surface area contributed by atoms with E-state index in [9.17, 15) is 9.59 Å². The molecule has 1 fully saturated rings. The molecule has 0 aromatic heterocycles. The number of benzene rings is 1. The summed E-state index contributed by atoms with van der Waals surface area (Å²) < 4.78 is 0. The first-order valence-corrected chi connectivity index (χ1v) is 8.56. The number of piperidine rings is 1. The number of hydrogen-bond acceptors (Lipinski definition) is 2. The minimum Gasteiger partial charge on any atom is -0.359 e. The lowest BCUT2D eigenvalue weighted by Crippen LogP contribution is -2.42. The van der Waals surface area contributed by atoms with Crippen LogP contribution in [0, 0.1) is 11.8 Å². The van der Waals surface area contributed by atoms with Gasteiger partial charge in [0.05, 0.1) is 6.42 Å². The molecule has 2 amide bonds. The van der Waals surface area contributed by atoms with Crippen LogP contribution in [-0.2, 0) is 22.4 Å². The maximum absolute atomic E-state index is 12.4. The summed E-state index contributed by atoms with van der Waals surface area (Å²) in [7, 11) is 1.67. The summed E-state index contributed by atoms with van der Waals surface area (Å²) in [5.41, 5.74) is 2.39. The number of likely N-dealkylation sites (tertiary alicyclic amines) is 1. The number of rotatable bonds is 5. The molecule has 0 bridgehead atoms. The number of nitrogens with zero attached hydrogens (tertiary/aromatic N) is 1. The lowest BCUT2D eigenvalue weighted by atomic mass is 9.95. The van der Waals surface area contributed by atoms with Crippen molar-refractivity contribution in [1.82, 2.24) is 10.2 Å². The molecular formula is C19H28N2O2. The van der Waals surface area contributed by atoms with E-state index in [0.717, 1.165) is 24.8 Å². The third-order valence-electron chi connectivity index (χ3n) is 4.49. The summed E-state index contributed by atoms with van der Waals surface area (Å²) in [6.07, 6.45) is 3.05. The summed E-state index contributed by atoms with van der Waals surface area (Å²) in [6, 6.07) is 8.38. The van der Waals surface area contributed by atoms with Crippen molar-refractivity contribution in [2.24, 2.45) is 11.8 Å². The van der Waals surface area contributed by atoms with Gasteiger partial charge < -0.3 is 10.2 Å². The highest BCUT2D eigenvalue weighted by Gasteiger charge is 2.26. The van der Waals surface area contributed by atoms with E-state index in [4.69, 9.17) is 0 Å². The molecule has 0 unspecified atom stereocenters. The highest BCUT2D eigenvalue weighted by Crippen LogP contribution is 2.18. The second-order valence-electron chi connectivity index (χ2n) is 6.86. The zero-order valence-corrected chi connectivity index (χ0v) is 14.5. The summed E-state index contributed by atoms with van der Waals surface area (Å²) in [4.78, 5) is 25.9. The van der Waals surface area contributed by atoms with E-state index in [1.54, 1.807) is 7.05 Å². The van der Waals surface area contributed by atoms with E-state index < -0.39 is 0 Å². The number of carbonyl (C=O) groups is 2. The topological polar surface area (TPSA) is 49.4 Å². The van der Waals surface area contributed by atoms with E-state index >= 15 is 0 Å². The Hall–Kier alpha value is -1.84. The molecular weight excluding hydrogens is 288 g/mol. The van der Waals surface area contributed by atoms with Gasteiger partial charge in [-0.05, 0) is 36.3 Å². The van der Waals surface area contributed by atoms with Crippen LogP contribution in [-0.4, -0.2) is 36.9 Å². The SMILES string of the molecule is CNC(=O)C1CCN(C(=O)Cc2ccc(CC(C)C)cc2)CC1. The van der Waals surface area contributed by atoms with Gasteiger partial charge in [0.15, 0.2) is 0 Å². The van der Waals surface area contributed by atoms with Crippen LogP contribution >= 0.6 is 0 Å². The second kappa shape index (κ2) is 8.14. The van der Waals surface area contributed by atoms with Crippen molar-refractivity contribution in [2.75, 3.05) is 20.1 Å². The van der Waals surface area contributed by atoms with Crippen LogP contribution in [0.3, 0.4) is 0 Å². The van der Waals surface area contributed by atoms with Crippen molar-refractivity contribution in [3.8, 4) is 0 Å². The van der Waals surface area contributed by atoms with Gasteiger partial charge >= 0.3 is 0 Å². The molecule has 1 N–H and O–H groups in total. The van der Waals surface area contributed by atoms with Crippen LogP contribution < -0.4 is 5.32 Å². The Balaban J connectivity index is 1.84. The van der Waals surface area contributed by atoms with Crippen LogP contribution in [0.15, 0.2) is 24.3 Å². The maximum atomic E-state index is 12.4. The normalized spacial score (nSPS) is 15.7. The van der Waals surface area contributed by atoms with Crippen LogP contribution in [0.4, 0.5) is 0 Å². The van der Waals surface area contributed by atoms with Crippen molar-refractivity contribution < 1.29 is 9.59 Å². The molecule has 0 atom stereocenters. The summed E-state index contributed by atoms with van der Waals surface area (Å²) in [5.74, 6) is 0.957. The molecule has 0 radical (unpaired) electrons. The molecule has 4 nitrogen and oxygen atoms in total. The summed E-state index contributed by atoms with van der Waals surface area (Å²) in [6.45, 7) is 5.78. The summed E-state index contributed by atoms with van der Waals surface area (Å²) in [5, 5.41) is 2.69. The molecule has 1 aliphatic heterocycles. The van der Waals surface area contributed by atoms with Crippen LogP contribution in [0.5, 0.6) is 0 Å². The molecule has 1 aliphatic rings. The van der Waals surface area contributed by atoms with Crippen LogP contribution in [0.25, 0.3) is 0 Å². The molecule has 0 spiro atoms. The number of amides is 2. The zero-order chi connectivity index (χ0) is 16.8. The van der Waals surface area contributed by atoms with E-state index in [2.05, 4.69) is 43.4 Å². The van der Waals surface area contributed by atoms with Gasteiger partial charge in [0.2, 0.25) is 11.8 Å². The predicted octanol–water partition coefficient (Wildman–Crippen LogP) is 2.41. The Morgan fingerprint density at radius 3 is 2.22 bits per heavy atom. The summed E-state index contributed by atoms with van der Waals surface area (Å²) >= 11 is 0. The average molecular weight is 316 g/mol. The molecule has 2 rings (SSSR count). The van der Waals surface area contributed by atoms with Crippen molar-refractivity contribution in [2.45, 2.75) is 39.5 Å². The van der Waals surface area contributed by atoms with Crippen molar-refractivity contribution in [1.29, 1.82) is 0 Å². The third-order valence-corrected chi connectivity index (χ3v) is 4.49. The van der Waals surface area contributed by atoms with Gasteiger partial charge in [-0.2, -0.15) is 0 Å². The van der Waals surface area contributed by atoms with E-state index in [0.29, 0.717) is 25.4 Å². The molecule has 23 heavy (non-hydrogen) atoms. The van der Waals surface area contributed by atoms with Crippen molar-refractivity contribution in [3.63, 3.8) is 0 Å². The zero-order valence-electron chi connectivity index (χ0n) is 14.5. The molecule has 1 aromatic carbocycles. The lowest BCUT2D eigenvalue weighted by Gasteiger charge is -2.31. The first-order valence-electron chi connectivity index (χ1n) is 8.56. The minimum absolute atomic E-state index is 0.0550. The molecule has 1 aromatic rings. The Labute approximate surface area is 139 Å². The van der Waals surface area contributed by atoms with Gasteiger partial charge in [-0.25, -0.2) is 0 Å². The van der Waals surface area contributed by atoms with Gasteiger partial charge in [-0.3, -0.25) is 9.59 Å². The first-order chi connectivity index (χ1) is 11.0. The number of hydrogen-bond donors (Lipinski definition) is 1. The predicted molar refractivity (Wildman–Crippen MR) is 92.1 cm³/mol. The largest absolute Gasteiger partial charge is 0.359 e. The van der Waals surface area contributed by atoms with Gasteiger partial charge in [0.25, 0.3) is 0 Å². The molecule has 0 saturated carbocycles. The highest BCUT2D eigenvalue weighted by atomic mass is 16.2. The fourth-order valence-electron chi connectivity index (χ4n) is 3.15. The highest BCUT2D eigenvalue weighted by molar-refractivity contribution is 5.80. The average Bonchev–Trinajstić information content (AvgIpc) is 2.55. The van der Waals surface area contributed by atoms with Crippen LogP contribution in [0.1, 0.15) is 37.8 Å². The Morgan fingerprint density at radius 1 is 1.13 bits per heavy atom. The number of carbonyl (C=O) groups excluding carboxylic acids is 2. The molecule has 1 saturated heterocycles. The number of nitrogens with one attached hydrogen (secondary N) is 1. The lowest BCUT2D eigenvalue weighted by molar-refractivity contribution is -0.134. The Kier molecular flexibility index (Phi) is 6.20. The quantitative estimate of drug-likeness (QED) is 0.907. The third kappa shape index (κ3) is 5.08. The molecule has 1 heterocycles. The van der Waals surface area contributed by atoms with Gasteiger partial charge in [-0.1, -0.05) is 38.1 Å². The van der Waals surface area contributed by atoms with E-state index in [-0.39, 0.29) is 17.7 Å². The van der Waals surface area contributed by atoms with Gasteiger partial charge in [-0.15, -0.1) is 0 Å². The van der Waals surface area contributed by atoms with E-state index in [1.807, 2.05) is 4.90 Å². The molecule has 4 heteroatoms. The monoisotopic (exact) mass is 316 g/mol. The Bertz CT molecular complexity index is 529. The second-order valence-corrected chi connectivity index (χ2v) is 6.86. The van der Waals surface area contributed by atoms with Gasteiger partial charge in [0, 0.05) is 26.1 Å².